The lowest BCUT2D eigenvalue weighted by molar-refractivity contribution is 0.215. The molecule has 0 radical (unpaired) electrons. The number of H-pyrrole nitrogens is 1. The van der Waals surface area contributed by atoms with Gasteiger partial charge in [0.25, 0.3) is 0 Å². The van der Waals surface area contributed by atoms with Crippen LogP contribution in [0.3, 0.4) is 0 Å². The van der Waals surface area contributed by atoms with Crippen LogP contribution in [0.5, 0.6) is 11.6 Å². The average Bonchev–Trinajstić information content (AvgIpc) is 3.20. The van der Waals surface area contributed by atoms with E-state index in [9.17, 15) is 12.8 Å². The van der Waals surface area contributed by atoms with Crippen molar-refractivity contribution < 1.29 is 26.7 Å². The van der Waals surface area contributed by atoms with Crippen molar-refractivity contribution in [1.29, 1.82) is 0 Å². The molecule has 32 heavy (non-hydrogen) atoms. The van der Waals surface area contributed by atoms with Crippen molar-refractivity contribution >= 4 is 21.1 Å². The van der Waals surface area contributed by atoms with Gasteiger partial charge < -0.3 is 9.47 Å². The quantitative estimate of drug-likeness (QED) is 0.451. The first-order valence-electron chi connectivity index (χ1n) is 9.20. The largest absolute Gasteiger partial charge is 0.484 e. The van der Waals surface area contributed by atoms with E-state index in [1.807, 2.05) is 0 Å². The number of methoxy groups -OCH3 is 1. The number of ether oxygens (including phenoxy) is 2. The van der Waals surface area contributed by atoms with Crippen molar-refractivity contribution in [3.8, 4) is 22.8 Å². The van der Waals surface area contributed by atoms with Gasteiger partial charge in [-0.2, -0.15) is 5.10 Å². The highest BCUT2D eigenvalue weighted by Gasteiger charge is 2.27. The zero-order chi connectivity index (χ0) is 23.0. The SMILES string of the molecule is COc1nccc(-c2ccc(F)c(C(C)Oc3cnc4[nH]ncc4c3)c2F)c1S(N)(=O)=O. The molecular weight excluding hydrogens is 444 g/mol. The van der Waals surface area contributed by atoms with Gasteiger partial charge in [0.2, 0.25) is 15.9 Å². The molecule has 9 nitrogen and oxygen atoms in total. The number of hydrogen-bond donors (Lipinski definition) is 2. The molecular formula is C20H17F2N5O4S. The van der Waals surface area contributed by atoms with Crippen LogP contribution < -0.4 is 14.6 Å². The number of nitrogens with two attached hydrogens (primary N) is 1. The van der Waals surface area contributed by atoms with Gasteiger partial charge in [-0.05, 0) is 31.2 Å². The highest BCUT2D eigenvalue weighted by atomic mass is 32.2. The van der Waals surface area contributed by atoms with Crippen molar-refractivity contribution in [3.63, 3.8) is 0 Å². The number of hydrogen-bond acceptors (Lipinski definition) is 7. The third kappa shape index (κ3) is 3.85. The maximum absolute atomic E-state index is 15.5. The first-order valence-corrected chi connectivity index (χ1v) is 10.7. The Morgan fingerprint density at radius 3 is 2.62 bits per heavy atom. The van der Waals surface area contributed by atoms with Gasteiger partial charge in [-0.3, -0.25) is 5.10 Å². The zero-order valence-electron chi connectivity index (χ0n) is 16.8. The number of rotatable bonds is 6. The van der Waals surface area contributed by atoms with Crippen LogP contribution in [0.15, 0.2) is 47.8 Å². The standard InChI is InChI=1S/C20H17F2N5O4S/c1-10(31-12-7-11-8-26-27-19(11)25-9-12)16-15(21)4-3-13(17(16)22)14-5-6-24-20(30-2)18(14)32(23,28)29/h3-10H,1-2H3,(H2,23,28,29)(H,25,26,27). The molecule has 3 heterocycles. The molecule has 4 aromatic rings. The second kappa shape index (κ2) is 8.13. The monoisotopic (exact) mass is 461 g/mol. The van der Waals surface area contributed by atoms with E-state index >= 15 is 4.39 Å². The Hall–Kier alpha value is -3.64. The third-order valence-electron chi connectivity index (χ3n) is 4.75. The molecule has 0 saturated carbocycles. The normalized spacial score (nSPS) is 12.7. The molecule has 0 amide bonds. The smallest absolute Gasteiger partial charge is 0.244 e. The van der Waals surface area contributed by atoms with Crippen molar-refractivity contribution in [2.24, 2.45) is 5.14 Å². The van der Waals surface area contributed by atoms with E-state index in [1.165, 1.54) is 38.7 Å². The van der Waals surface area contributed by atoms with Crippen LogP contribution in [0.25, 0.3) is 22.2 Å². The lowest BCUT2D eigenvalue weighted by Gasteiger charge is -2.19. The van der Waals surface area contributed by atoms with Crippen LogP contribution >= 0.6 is 0 Å². The van der Waals surface area contributed by atoms with Gasteiger partial charge in [-0.25, -0.2) is 32.3 Å². The molecule has 166 valence electrons. The maximum atomic E-state index is 15.5. The Morgan fingerprint density at radius 1 is 1.12 bits per heavy atom. The number of aromatic nitrogens is 4. The molecule has 0 aliphatic heterocycles. The number of primary sulfonamides is 1. The van der Waals surface area contributed by atoms with Gasteiger partial charge in [-0.15, -0.1) is 0 Å². The minimum atomic E-state index is -4.34. The van der Waals surface area contributed by atoms with Crippen LogP contribution in [0.2, 0.25) is 0 Å². The number of halogens is 2. The predicted octanol–water partition coefficient (Wildman–Crippen LogP) is 3.09. The Kier molecular flexibility index (Phi) is 5.48. The van der Waals surface area contributed by atoms with Crippen molar-refractivity contribution in [1.82, 2.24) is 20.2 Å². The molecule has 1 aromatic carbocycles. The molecule has 12 heteroatoms. The van der Waals surface area contributed by atoms with Crippen molar-refractivity contribution in [2.45, 2.75) is 17.9 Å². The summed E-state index contributed by atoms with van der Waals surface area (Å²) in [4.78, 5) is 7.43. The summed E-state index contributed by atoms with van der Waals surface area (Å²) in [7, 11) is -3.14. The van der Waals surface area contributed by atoms with Crippen molar-refractivity contribution in [2.75, 3.05) is 7.11 Å². The molecule has 0 fully saturated rings. The van der Waals surface area contributed by atoms with E-state index < -0.39 is 38.2 Å². The highest BCUT2D eigenvalue weighted by molar-refractivity contribution is 7.89. The van der Waals surface area contributed by atoms with Gasteiger partial charge in [-0.1, -0.05) is 0 Å². The fraction of sp³-hybridized carbons (Fsp3) is 0.150. The van der Waals surface area contributed by atoms with Gasteiger partial charge in [0.15, 0.2) is 10.5 Å². The second-order valence-electron chi connectivity index (χ2n) is 6.80. The number of sulfonamides is 1. The van der Waals surface area contributed by atoms with Crippen LogP contribution in [0.1, 0.15) is 18.6 Å². The molecule has 0 aliphatic rings. The van der Waals surface area contributed by atoms with E-state index in [1.54, 1.807) is 6.07 Å². The summed E-state index contributed by atoms with van der Waals surface area (Å²) in [6, 6.07) is 5.01. The highest BCUT2D eigenvalue weighted by Crippen LogP contribution is 2.37. The number of nitrogens with zero attached hydrogens (tertiary/aromatic N) is 3. The Labute approximate surface area is 181 Å². The minimum Gasteiger partial charge on any atom is -0.484 e. The van der Waals surface area contributed by atoms with Crippen LogP contribution in [0, 0.1) is 11.6 Å². The summed E-state index contributed by atoms with van der Waals surface area (Å²) in [6.07, 6.45) is 3.08. The summed E-state index contributed by atoms with van der Waals surface area (Å²) >= 11 is 0. The number of aromatic amines is 1. The first-order chi connectivity index (χ1) is 15.2. The van der Waals surface area contributed by atoms with Crippen LogP contribution in [-0.4, -0.2) is 35.7 Å². The van der Waals surface area contributed by atoms with Gasteiger partial charge in [0, 0.05) is 22.7 Å². The van der Waals surface area contributed by atoms with E-state index in [2.05, 4.69) is 20.2 Å². The van der Waals surface area contributed by atoms with E-state index in [0.717, 1.165) is 12.1 Å². The molecule has 0 aliphatic carbocycles. The fourth-order valence-electron chi connectivity index (χ4n) is 3.36. The summed E-state index contributed by atoms with van der Waals surface area (Å²) in [5, 5.41) is 12.5. The Morgan fingerprint density at radius 2 is 1.91 bits per heavy atom. The number of pyridine rings is 2. The minimum absolute atomic E-state index is 0.119. The second-order valence-corrected chi connectivity index (χ2v) is 8.30. The molecule has 1 unspecified atom stereocenters. The Balaban J connectivity index is 1.80. The maximum Gasteiger partial charge on any atom is 0.244 e. The van der Waals surface area contributed by atoms with Crippen LogP contribution in [-0.2, 0) is 10.0 Å². The number of benzene rings is 1. The van der Waals surface area contributed by atoms with E-state index in [4.69, 9.17) is 14.6 Å². The summed E-state index contributed by atoms with van der Waals surface area (Å²) in [5.74, 6) is -1.91. The first kappa shape index (κ1) is 21.6. The topological polar surface area (TPSA) is 133 Å². The van der Waals surface area contributed by atoms with Gasteiger partial charge in [0.1, 0.15) is 23.5 Å². The summed E-state index contributed by atoms with van der Waals surface area (Å²) < 4.78 is 65.2. The zero-order valence-corrected chi connectivity index (χ0v) is 17.7. The predicted molar refractivity (Wildman–Crippen MR) is 110 cm³/mol. The van der Waals surface area contributed by atoms with Crippen molar-refractivity contribution in [3.05, 3.63) is 60.1 Å². The fourth-order valence-corrected chi connectivity index (χ4v) is 4.22. The molecule has 0 spiro atoms. The molecule has 0 bridgehead atoms. The lowest BCUT2D eigenvalue weighted by atomic mass is 9.99. The van der Waals surface area contributed by atoms with E-state index in [0.29, 0.717) is 11.0 Å². The molecule has 3 aromatic heterocycles. The lowest BCUT2D eigenvalue weighted by Crippen LogP contribution is -2.16. The van der Waals surface area contributed by atoms with Gasteiger partial charge >= 0.3 is 0 Å². The molecule has 3 N–H and O–H groups in total. The summed E-state index contributed by atoms with van der Waals surface area (Å²) in [6.45, 7) is 1.46. The van der Waals surface area contributed by atoms with Crippen LogP contribution in [0.4, 0.5) is 8.78 Å². The van der Waals surface area contributed by atoms with E-state index in [-0.39, 0.29) is 22.8 Å². The summed E-state index contributed by atoms with van der Waals surface area (Å²) in [5.41, 5.74) is -0.186. The molecule has 1 atom stereocenters. The Bertz CT molecular complexity index is 1430. The third-order valence-corrected chi connectivity index (χ3v) is 5.72. The number of nitrogens with one attached hydrogen (secondary N) is 1. The average molecular weight is 461 g/mol. The number of fused-ring (bicyclic) bond motifs is 1. The van der Waals surface area contributed by atoms with Gasteiger partial charge in [0.05, 0.1) is 25.1 Å². The molecule has 4 rings (SSSR count). The molecule has 0 saturated heterocycles.